The average molecular weight is 184 g/mol. The Hall–Kier alpha value is -2.03. The first kappa shape index (κ1) is 7.38. The molecule has 68 valence electrons. The van der Waals surface area contributed by atoms with Gasteiger partial charge in [-0.25, -0.2) is 0 Å². The molecule has 2 aromatic heterocycles. The topological polar surface area (TPSA) is 48.9 Å². The van der Waals surface area contributed by atoms with Gasteiger partial charge in [0.15, 0.2) is 0 Å². The van der Waals surface area contributed by atoms with Crippen LogP contribution < -0.4 is 0 Å². The molecule has 0 bridgehead atoms. The van der Waals surface area contributed by atoms with Crippen LogP contribution in [0.3, 0.4) is 0 Å². The van der Waals surface area contributed by atoms with Crippen molar-refractivity contribution in [3.63, 3.8) is 0 Å². The lowest BCUT2D eigenvalue weighted by Crippen LogP contribution is -1.72. The molecule has 0 amide bonds. The maximum absolute atomic E-state index is 9.68. The lowest BCUT2D eigenvalue weighted by atomic mass is 10.2. The SMILES string of the molecule is Oc1cncc2[nH]c3ccccc3c12. The number of para-hydroxylation sites is 1. The van der Waals surface area contributed by atoms with E-state index < -0.39 is 0 Å². The van der Waals surface area contributed by atoms with Gasteiger partial charge < -0.3 is 10.1 Å². The second kappa shape index (κ2) is 2.48. The highest BCUT2D eigenvalue weighted by Gasteiger charge is 2.06. The molecule has 0 fully saturated rings. The van der Waals surface area contributed by atoms with Crippen molar-refractivity contribution in [2.45, 2.75) is 0 Å². The van der Waals surface area contributed by atoms with E-state index in [1.807, 2.05) is 24.3 Å². The predicted octanol–water partition coefficient (Wildman–Crippen LogP) is 2.42. The van der Waals surface area contributed by atoms with E-state index in [1.54, 1.807) is 6.20 Å². The van der Waals surface area contributed by atoms with Crippen molar-refractivity contribution < 1.29 is 5.11 Å². The highest BCUT2D eigenvalue weighted by Crippen LogP contribution is 2.30. The maximum Gasteiger partial charge on any atom is 0.143 e. The third kappa shape index (κ3) is 0.836. The largest absolute Gasteiger partial charge is 0.506 e. The molecule has 2 N–H and O–H groups in total. The number of nitrogens with zero attached hydrogens (tertiary/aromatic N) is 1. The van der Waals surface area contributed by atoms with E-state index >= 15 is 0 Å². The van der Waals surface area contributed by atoms with Gasteiger partial charge in [0.05, 0.1) is 23.3 Å². The van der Waals surface area contributed by atoms with Gasteiger partial charge in [-0.1, -0.05) is 18.2 Å². The van der Waals surface area contributed by atoms with Crippen LogP contribution >= 0.6 is 0 Å². The minimum Gasteiger partial charge on any atom is -0.506 e. The summed E-state index contributed by atoms with van der Waals surface area (Å²) in [6.07, 6.45) is 3.18. The molecule has 14 heavy (non-hydrogen) atoms. The smallest absolute Gasteiger partial charge is 0.143 e. The molecule has 2 heterocycles. The second-order valence-electron chi connectivity index (χ2n) is 3.25. The number of aromatic amines is 1. The molecule has 3 rings (SSSR count). The molecule has 0 radical (unpaired) electrons. The van der Waals surface area contributed by atoms with Crippen LogP contribution in [0.25, 0.3) is 21.8 Å². The standard InChI is InChI=1S/C11H8N2O/c14-10-6-12-5-9-11(10)7-3-1-2-4-8(7)13-9/h1-6,13-14H. The fourth-order valence-electron chi connectivity index (χ4n) is 1.78. The van der Waals surface area contributed by atoms with Gasteiger partial charge in [-0.05, 0) is 6.07 Å². The van der Waals surface area contributed by atoms with Crippen molar-refractivity contribution in [1.29, 1.82) is 0 Å². The Kier molecular flexibility index (Phi) is 1.31. The molecule has 0 spiro atoms. The minimum atomic E-state index is 0.222. The molecule has 0 saturated heterocycles. The van der Waals surface area contributed by atoms with Crippen LogP contribution in [0.5, 0.6) is 5.75 Å². The number of rotatable bonds is 0. The van der Waals surface area contributed by atoms with Crippen LogP contribution in [-0.2, 0) is 0 Å². The van der Waals surface area contributed by atoms with Gasteiger partial charge in [-0.15, -0.1) is 0 Å². The monoisotopic (exact) mass is 184 g/mol. The molecule has 3 aromatic rings. The number of nitrogens with one attached hydrogen (secondary N) is 1. The minimum absolute atomic E-state index is 0.222. The Morgan fingerprint density at radius 1 is 1.07 bits per heavy atom. The quantitative estimate of drug-likeness (QED) is 0.563. The summed E-state index contributed by atoms with van der Waals surface area (Å²) >= 11 is 0. The summed E-state index contributed by atoms with van der Waals surface area (Å²) in [7, 11) is 0. The Morgan fingerprint density at radius 2 is 1.93 bits per heavy atom. The number of pyridine rings is 1. The first-order chi connectivity index (χ1) is 6.86. The van der Waals surface area contributed by atoms with E-state index in [0.717, 1.165) is 21.8 Å². The van der Waals surface area contributed by atoms with Gasteiger partial charge in [0, 0.05) is 10.9 Å². The third-order valence-electron chi connectivity index (χ3n) is 2.39. The highest BCUT2D eigenvalue weighted by molar-refractivity contribution is 6.09. The zero-order valence-electron chi connectivity index (χ0n) is 7.36. The van der Waals surface area contributed by atoms with Gasteiger partial charge in [0.25, 0.3) is 0 Å². The number of aromatic hydroxyl groups is 1. The van der Waals surface area contributed by atoms with Crippen molar-refractivity contribution in [3.8, 4) is 5.75 Å². The Balaban J connectivity index is 2.65. The van der Waals surface area contributed by atoms with E-state index in [0.29, 0.717) is 0 Å². The van der Waals surface area contributed by atoms with Gasteiger partial charge in [0.1, 0.15) is 5.75 Å². The molecule has 3 nitrogen and oxygen atoms in total. The summed E-state index contributed by atoms with van der Waals surface area (Å²) in [6, 6.07) is 7.88. The molecule has 3 heteroatoms. The fourth-order valence-corrected chi connectivity index (χ4v) is 1.78. The van der Waals surface area contributed by atoms with Gasteiger partial charge >= 0.3 is 0 Å². The first-order valence-corrected chi connectivity index (χ1v) is 4.39. The van der Waals surface area contributed by atoms with Crippen molar-refractivity contribution in [1.82, 2.24) is 9.97 Å². The molecular formula is C11H8N2O. The molecular weight excluding hydrogens is 176 g/mol. The summed E-state index contributed by atoms with van der Waals surface area (Å²) in [4.78, 5) is 7.12. The number of fused-ring (bicyclic) bond motifs is 3. The number of H-pyrrole nitrogens is 1. The van der Waals surface area contributed by atoms with Crippen LogP contribution in [0.1, 0.15) is 0 Å². The van der Waals surface area contributed by atoms with E-state index in [4.69, 9.17) is 0 Å². The normalized spacial score (nSPS) is 11.1. The molecule has 0 unspecified atom stereocenters. The average Bonchev–Trinajstić information content (AvgIpc) is 2.57. The van der Waals surface area contributed by atoms with Gasteiger partial charge in [-0.3, -0.25) is 4.98 Å². The van der Waals surface area contributed by atoms with Crippen LogP contribution in [-0.4, -0.2) is 15.1 Å². The van der Waals surface area contributed by atoms with Crippen LogP contribution in [0.4, 0.5) is 0 Å². The zero-order valence-corrected chi connectivity index (χ0v) is 7.36. The second-order valence-corrected chi connectivity index (χ2v) is 3.25. The van der Waals surface area contributed by atoms with Crippen molar-refractivity contribution in [3.05, 3.63) is 36.7 Å². The van der Waals surface area contributed by atoms with E-state index in [1.165, 1.54) is 6.20 Å². The zero-order chi connectivity index (χ0) is 9.54. The number of hydrogen-bond acceptors (Lipinski definition) is 2. The Morgan fingerprint density at radius 3 is 2.86 bits per heavy atom. The summed E-state index contributed by atoms with van der Waals surface area (Å²) in [5.41, 5.74) is 1.89. The summed E-state index contributed by atoms with van der Waals surface area (Å²) < 4.78 is 0. The lowest BCUT2D eigenvalue weighted by Gasteiger charge is -1.93. The third-order valence-corrected chi connectivity index (χ3v) is 2.39. The number of aromatic nitrogens is 2. The van der Waals surface area contributed by atoms with Gasteiger partial charge in [0.2, 0.25) is 0 Å². The van der Waals surface area contributed by atoms with E-state index in [9.17, 15) is 5.11 Å². The summed E-state index contributed by atoms with van der Waals surface area (Å²) in [5.74, 6) is 0.222. The van der Waals surface area contributed by atoms with E-state index in [2.05, 4.69) is 9.97 Å². The van der Waals surface area contributed by atoms with Crippen LogP contribution in [0, 0.1) is 0 Å². The van der Waals surface area contributed by atoms with Crippen molar-refractivity contribution in [2.75, 3.05) is 0 Å². The molecule has 0 aliphatic rings. The van der Waals surface area contributed by atoms with Crippen molar-refractivity contribution >= 4 is 21.8 Å². The van der Waals surface area contributed by atoms with Crippen LogP contribution in [0.15, 0.2) is 36.7 Å². The molecule has 0 aliphatic carbocycles. The fraction of sp³-hybridized carbons (Fsp3) is 0. The summed E-state index contributed by atoms with van der Waals surface area (Å²) in [6.45, 7) is 0. The van der Waals surface area contributed by atoms with E-state index in [-0.39, 0.29) is 5.75 Å². The maximum atomic E-state index is 9.68. The lowest BCUT2D eigenvalue weighted by molar-refractivity contribution is 0.479. The first-order valence-electron chi connectivity index (χ1n) is 4.39. The van der Waals surface area contributed by atoms with Gasteiger partial charge in [-0.2, -0.15) is 0 Å². The summed E-state index contributed by atoms with van der Waals surface area (Å²) in [5, 5.41) is 11.5. The molecule has 1 aromatic carbocycles. The van der Waals surface area contributed by atoms with Crippen molar-refractivity contribution in [2.24, 2.45) is 0 Å². The molecule has 0 atom stereocenters. The van der Waals surface area contributed by atoms with Crippen LogP contribution in [0.2, 0.25) is 0 Å². The number of benzene rings is 1. The molecule has 0 aliphatic heterocycles. The Labute approximate surface area is 80.0 Å². The Bertz CT molecular complexity index is 613. The predicted molar refractivity (Wildman–Crippen MR) is 55.3 cm³/mol. The number of hydrogen-bond donors (Lipinski definition) is 2. The molecule has 0 saturated carbocycles. The highest BCUT2D eigenvalue weighted by atomic mass is 16.3.